The molecule has 0 saturated carbocycles. The fraction of sp³-hybridized carbons (Fsp3) is 0.222. The quantitative estimate of drug-likeness (QED) is 0.685. The van der Waals surface area contributed by atoms with Crippen molar-refractivity contribution in [1.82, 2.24) is 14.3 Å². The summed E-state index contributed by atoms with van der Waals surface area (Å²) in [5, 5.41) is 0.473. The second-order valence-corrected chi connectivity index (χ2v) is 7.49. The van der Waals surface area contributed by atoms with Gasteiger partial charge in [0.05, 0.1) is 31.7 Å². The topological polar surface area (TPSA) is 99.5 Å². The second-order valence-electron chi connectivity index (χ2n) is 5.75. The standard InChI is InChI=1S/C18H19N3O5S/c1-21-17(20-14-7-5-4-6-13(14)18(21)22)11-19-27(23,24)16-10-12(25-2)8-9-15(16)26-3/h4-10,19H,11H2,1-3H3. The summed E-state index contributed by atoms with van der Waals surface area (Å²) in [6, 6.07) is 11.4. The molecule has 0 radical (unpaired) electrons. The molecule has 0 bridgehead atoms. The fourth-order valence-electron chi connectivity index (χ4n) is 2.65. The second kappa shape index (κ2) is 7.37. The molecule has 0 atom stereocenters. The Balaban J connectivity index is 1.96. The van der Waals surface area contributed by atoms with Crippen molar-refractivity contribution in [2.24, 2.45) is 7.05 Å². The Morgan fingerprint density at radius 3 is 2.56 bits per heavy atom. The number of fused-ring (bicyclic) bond motifs is 1. The maximum atomic E-state index is 12.8. The van der Waals surface area contributed by atoms with Crippen LogP contribution in [0.15, 0.2) is 52.2 Å². The van der Waals surface area contributed by atoms with Crippen molar-refractivity contribution >= 4 is 20.9 Å². The number of methoxy groups -OCH3 is 2. The number of sulfonamides is 1. The maximum absolute atomic E-state index is 12.8. The third kappa shape index (κ3) is 3.64. The van der Waals surface area contributed by atoms with E-state index in [1.165, 1.54) is 30.9 Å². The molecule has 1 N–H and O–H groups in total. The van der Waals surface area contributed by atoms with E-state index in [9.17, 15) is 13.2 Å². The molecular formula is C18H19N3O5S. The van der Waals surface area contributed by atoms with Gasteiger partial charge in [0, 0.05) is 13.1 Å². The molecule has 2 aromatic carbocycles. The van der Waals surface area contributed by atoms with E-state index >= 15 is 0 Å². The molecule has 8 nitrogen and oxygen atoms in total. The number of para-hydroxylation sites is 1. The predicted molar refractivity (Wildman–Crippen MR) is 101 cm³/mol. The monoisotopic (exact) mass is 389 g/mol. The lowest BCUT2D eigenvalue weighted by Crippen LogP contribution is -2.29. The fourth-order valence-corrected chi connectivity index (χ4v) is 3.82. The van der Waals surface area contributed by atoms with Crippen molar-refractivity contribution in [1.29, 1.82) is 0 Å². The van der Waals surface area contributed by atoms with Gasteiger partial charge in [0.2, 0.25) is 10.0 Å². The first kappa shape index (κ1) is 18.9. The third-order valence-electron chi connectivity index (χ3n) is 4.16. The molecule has 0 aliphatic heterocycles. The van der Waals surface area contributed by atoms with Crippen LogP contribution in [0.2, 0.25) is 0 Å². The molecule has 3 rings (SSSR count). The van der Waals surface area contributed by atoms with Gasteiger partial charge in [0.25, 0.3) is 5.56 Å². The Labute approximate surface area is 156 Å². The highest BCUT2D eigenvalue weighted by Gasteiger charge is 2.21. The average molecular weight is 389 g/mol. The van der Waals surface area contributed by atoms with Crippen LogP contribution in [0.25, 0.3) is 10.9 Å². The number of aromatic nitrogens is 2. The highest BCUT2D eigenvalue weighted by atomic mass is 32.2. The van der Waals surface area contributed by atoms with Crippen LogP contribution in [-0.2, 0) is 23.6 Å². The number of hydrogen-bond acceptors (Lipinski definition) is 6. The van der Waals surface area contributed by atoms with E-state index in [1.54, 1.807) is 37.4 Å². The number of hydrogen-bond donors (Lipinski definition) is 1. The van der Waals surface area contributed by atoms with Gasteiger partial charge in [-0.3, -0.25) is 9.36 Å². The Morgan fingerprint density at radius 2 is 1.85 bits per heavy atom. The van der Waals surface area contributed by atoms with Crippen molar-refractivity contribution in [3.8, 4) is 11.5 Å². The summed E-state index contributed by atoms with van der Waals surface area (Å²) in [6.45, 7) is -0.154. The first-order chi connectivity index (χ1) is 12.9. The Bertz CT molecular complexity index is 1160. The van der Waals surface area contributed by atoms with Gasteiger partial charge in [-0.1, -0.05) is 12.1 Å². The maximum Gasteiger partial charge on any atom is 0.261 e. The molecule has 0 amide bonds. The van der Waals surface area contributed by atoms with Crippen molar-refractivity contribution in [3.63, 3.8) is 0 Å². The Kier molecular flexibility index (Phi) is 5.15. The summed E-state index contributed by atoms with van der Waals surface area (Å²) >= 11 is 0. The van der Waals surface area contributed by atoms with Gasteiger partial charge in [-0.15, -0.1) is 0 Å². The summed E-state index contributed by atoms with van der Waals surface area (Å²) < 4.78 is 39.5. The number of rotatable bonds is 6. The number of nitrogens with zero attached hydrogens (tertiary/aromatic N) is 2. The molecular weight excluding hydrogens is 370 g/mol. The van der Waals surface area contributed by atoms with E-state index in [2.05, 4.69) is 9.71 Å². The molecule has 0 fully saturated rings. The SMILES string of the molecule is COc1ccc(OC)c(S(=O)(=O)NCc2nc3ccccc3c(=O)n2C)c1. The van der Waals surface area contributed by atoms with Gasteiger partial charge in [-0.2, -0.15) is 0 Å². The zero-order valence-electron chi connectivity index (χ0n) is 15.1. The molecule has 0 aliphatic carbocycles. The first-order valence-corrected chi connectivity index (χ1v) is 9.52. The van der Waals surface area contributed by atoms with Crippen LogP contribution in [0.5, 0.6) is 11.5 Å². The zero-order chi connectivity index (χ0) is 19.6. The summed E-state index contributed by atoms with van der Waals surface area (Å²) in [5.74, 6) is 0.861. The molecule has 1 aromatic heterocycles. The number of ether oxygens (including phenoxy) is 2. The minimum atomic E-state index is -3.93. The van der Waals surface area contributed by atoms with Crippen LogP contribution in [-0.4, -0.2) is 32.2 Å². The largest absolute Gasteiger partial charge is 0.497 e. The highest BCUT2D eigenvalue weighted by Crippen LogP contribution is 2.28. The number of nitrogens with one attached hydrogen (secondary N) is 1. The van der Waals surface area contributed by atoms with Crippen molar-refractivity contribution in [2.75, 3.05) is 14.2 Å². The predicted octanol–water partition coefficient (Wildman–Crippen LogP) is 1.43. The minimum absolute atomic E-state index is 0.0601. The lowest BCUT2D eigenvalue weighted by atomic mass is 10.2. The zero-order valence-corrected chi connectivity index (χ0v) is 15.9. The Morgan fingerprint density at radius 1 is 1.11 bits per heavy atom. The minimum Gasteiger partial charge on any atom is -0.497 e. The lowest BCUT2D eigenvalue weighted by molar-refractivity contribution is 0.392. The normalized spacial score (nSPS) is 11.5. The van der Waals surface area contributed by atoms with Crippen molar-refractivity contribution < 1.29 is 17.9 Å². The molecule has 0 saturated heterocycles. The molecule has 0 unspecified atom stereocenters. The van der Waals surface area contributed by atoms with Crippen LogP contribution in [0, 0.1) is 0 Å². The molecule has 1 heterocycles. The van der Waals surface area contributed by atoms with Crippen LogP contribution >= 0.6 is 0 Å². The first-order valence-electron chi connectivity index (χ1n) is 8.03. The van der Waals surface area contributed by atoms with Crippen LogP contribution < -0.4 is 19.8 Å². The van der Waals surface area contributed by atoms with Gasteiger partial charge < -0.3 is 9.47 Å². The van der Waals surface area contributed by atoms with Gasteiger partial charge in [-0.05, 0) is 24.3 Å². The van der Waals surface area contributed by atoms with E-state index in [4.69, 9.17) is 9.47 Å². The van der Waals surface area contributed by atoms with Gasteiger partial charge >= 0.3 is 0 Å². The molecule has 0 aliphatic rings. The molecule has 9 heteroatoms. The van der Waals surface area contributed by atoms with Crippen molar-refractivity contribution in [3.05, 3.63) is 58.6 Å². The smallest absolute Gasteiger partial charge is 0.261 e. The summed E-state index contributed by atoms with van der Waals surface area (Å²) in [4.78, 5) is 16.8. The molecule has 142 valence electrons. The van der Waals surface area contributed by atoms with E-state index < -0.39 is 10.0 Å². The molecule has 3 aromatic rings. The van der Waals surface area contributed by atoms with Gasteiger partial charge in [0.15, 0.2) is 0 Å². The van der Waals surface area contributed by atoms with Crippen molar-refractivity contribution in [2.45, 2.75) is 11.4 Å². The summed E-state index contributed by atoms with van der Waals surface area (Å²) in [6.07, 6.45) is 0. The molecule has 27 heavy (non-hydrogen) atoms. The average Bonchev–Trinajstić information content (AvgIpc) is 2.69. The van der Waals surface area contributed by atoms with E-state index in [-0.39, 0.29) is 22.7 Å². The Hall–Kier alpha value is -2.91. The third-order valence-corrected chi connectivity index (χ3v) is 5.58. The summed E-state index contributed by atoms with van der Waals surface area (Å²) in [7, 11) is 0.455. The number of benzene rings is 2. The van der Waals surface area contributed by atoms with Crippen LogP contribution in [0.1, 0.15) is 5.82 Å². The van der Waals surface area contributed by atoms with E-state index in [1.807, 2.05) is 0 Å². The summed E-state index contributed by atoms with van der Waals surface area (Å²) in [5.41, 5.74) is 0.266. The van der Waals surface area contributed by atoms with Gasteiger partial charge in [-0.25, -0.2) is 18.1 Å². The van der Waals surface area contributed by atoms with E-state index in [0.717, 1.165) is 0 Å². The lowest BCUT2D eigenvalue weighted by Gasteiger charge is -2.13. The van der Waals surface area contributed by atoms with Crippen LogP contribution in [0.3, 0.4) is 0 Å². The molecule has 0 spiro atoms. The van der Waals surface area contributed by atoms with Gasteiger partial charge in [0.1, 0.15) is 22.2 Å². The van der Waals surface area contributed by atoms with E-state index in [0.29, 0.717) is 22.5 Å². The highest BCUT2D eigenvalue weighted by molar-refractivity contribution is 7.89. The van der Waals surface area contributed by atoms with Crippen LogP contribution in [0.4, 0.5) is 0 Å².